The number of ether oxygens (including phenoxy) is 2. The first-order valence-electron chi connectivity index (χ1n) is 8.60. The van der Waals surface area contributed by atoms with Crippen molar-refractivity contribution in [1.29, 1.82) is 0 Å². The van der Waals surface area contributed by atoms with E-state index < -0.39 is 11.6 Å². The number of benzene rings is 3. The summed E-state index contributed by atoms with van der Waals surface area (Å²) >= 11 is 0. The zero-order chi connectivity index (χ0) is 19.9. The second kappa shape index (κ2) is 8.90. The van der Waals surface area contributed by atoms with E-state index in [2.05, 4.69) is 4.99 Å². The maximum absolute atomic E-state index is 13.4. The quantitative estimate of drug-likeness (QED) is 0.407. The number of hydrogen-bond donors (Lipinski definition) is 0. The Kier molecular flexibility index (Phi) is 6.11. The second-order valence-electron chi connectivity index (χ2n) is 5.74. The van der Waals surface area contributed by atoms with Crippen LogP contribution in [0.5, 0.6) is 11.5 Å². The van der Waals surface area contributed by atoms with E-state index in [0.29, 0.717) is 29.2 Å². The largest absolute Gasteiger partial charge is 0.462 e. The Morgan fingerprint density at radius 1 is 1.00 bits per heavy atom. The fourth-order valence-electron chi connectivity index (χ4n) is 2.39. The first-order chi connectivity index (χ1) is 13.6. The summed E-state index contributed by atoms with van der Waals surface area (Å²) in [6, 6.07) is 17.1. The third-order valence-electron chi connectivity index (χ3n) is 3.77. The Labute approximate surface area is 161 Å². The Morgan fingerprint density at radius 3 is 2.46 bits per heavy atom. The number of aliphatic imine (C=N–C) groups is 1. The summed E-state index contributed by atoms with van der Waals surface area (Å²) in [5.74, 6) is -1.68. The van der Waals surface area contributed by atoms with E-state index in [-0.39, 0.29) is 11.7 Å². The summed E-state index contributed by atoms with van der Waals surface area (Å²) in [5, 5.41) is 0. The smallest absolute Gasteiger partial charge is 0.338 e. The molecule has 0 fully saturated rings. The van der Waals surface area contributed by atoms with Gasteiger partial charge in [-0.2, -0.15) is 0 Å². The second-order valence-corrected chi connectivity index (χ2v) is 5.74. The van der Waals surface area contributed by atoms with E-state index >= 15 is 0 Å². The highest BCUT2D eigenvalue weighted by Crippen LogP contribution is 2.26. The SMILES string of the molecule is CCOC(=O)c1ccc(/N=C/c2ccccc2Oc2ccc(F)c(F)c2)cc1. The number of hydrogen-bond acceptors (Lipinski definition) is 4. The van der Waals surface area contributed by atoms with Crippen molar-refractivity contribution < 1.29 is 23.0 Å². The Hall–Kier alpha value is -3.54. The van der Waals surface area contributed by atoms with Gasteiger partial charge in [-0.15, -0.1) is 0 Å². The molecular weight excluding hydrogens is 364 g/mol. The molecule has 0 radical (unpaired) electrons. The van der Waals surface area contributed by atoms with Crippen LogP contribution in [0.3, 0.4) is 0 Å². The van der Waals surface area contributed by atoms with Gasteiger partial charge in [-0.1, -0.05) is 12.1 Å². The molecule has 3 rings (SSSR count). The highest BCUT2D eigenvalue weighted by molar-refractivity contribution is 5.90. The summed E-state index contributed by atoms with van der Waals surface area (Å²) < 4.78 is 37.0. The maximum Gasteiger partial charge on any atom is 0.338 e. The predicted octanol–water partition coefficient (Wildman–Crippen LogP) is 5.68. The fourth-order valence-corrected chi connectivity index (χ4v) is 2.39. The summed E-state index contributed by atoms with van der Waals surface area (Å²) in [7, 11) is 0. The molecule has 0 saturated heterocycles. The van der Waals surface area contributed by atoms with Crippen LogP contribution in [0.1, 0.15) is 22.8 Å². The van der Waals surface area contributed by atoms with Gasteiger partial charge >= 0.3 is 5.97 Å². The van der Waals surface area contributed by atoms with Crippen molar-refractivity contribution in [3.8, 4) is 11.5 Å². The van der Waals surface area contributed by atoms with Crippen LogP contribution >= 0.6 is 0 Å². The normalized spacial score (nSPS) is 10.8. The van der Waals surface area contributed by atoms with Gasteiger partial charge in [-0.05, 0) is 55.5 Å². The summed E-state index contributed by atoms with van der Waals surface area (Å²) in [6.07, 6.45) is 1.59. The van der Waals surface area contributed by atoms with Crippen LogP contribution in [0.4, 0.5) is 14.5 Å². The van der Waals surface area contributed by atoms with Gasteiger partial charge in [0, 0.05) is 17.8 Å². The fraction of sp³-hybridized carbons (Fsp3) is 0.0909. The molecule has 3 aromatic rings. The lowest BCUT2D eigenvalue weighted by atomic mass is 10.2. The lowest BCUT2D eigenvalue weighted by Gasteiger charge is -2.08. The molecule has 6 heteroatoms. The van der Waals surface area contributed by atoms with E-state index in [1.807, 2.05) is 6.07 Å². The molecule has 0 aliphatic carbocycles. The molecule has 28 heavy (non-hydrogen) atoms. The van der Waals surface area contributed by atoms with Gasteiger partial charge < -0.3 is 9.47 Å². The topological polar surface area (TPSA) is 47.9 Å². The summed E-state index contributed by atoms with van der Waals surface area (Å²) in [4.78, 5) is 16.0. The number of rotatable bonds is 6. The van der Waals surface area contributed by atoms with E-state index in [4.69, 9.17) is 9.47 Å². The van der Waals surface area contributed by atoms with Crippen molar-refractivity contribution in [3.05, 3.63) is 89.5 Å². The Morgan fingerprint density at radius 2 is 1.75 bits per heavy atom. The lowest BCUT2D eigenvalue weighted by molar-refractivity contribution is 0.0526. The highest BCUT2D eigenvalue weighted by atomic mass is 19.2. The number of esters is 1. The molecule has 0 aromatic heterocycles. The van der Waals surface area contributed by atoms with E-state index in [0.717, 1.165) is 12.1 Å². The van der Waals surface area contributed by atoms with Crippen molar-refractivity contribution >= 4 is 17.9 Å². The minimum atomic E-state index is -0.981. The van der Waals surface area contributed by atoms with Gasteiger partial charge in [-0.3, -0.25) is 4.99 Å². The van der Waals surface area contributed by atoms with E-state index in [9.17, 15) is 13.6 Å². The molecular formula is C22H17F2NO3. The molecule has 0 spiro atoms. The minimum absolute atomic E-state index is 0.179. The van der Waals surface area contributed by atoms with Crippen molar-refractivity contribution in [2.45, 2.75) is 6.92 Å². The van der Waals surface area contributed by atoms with E-state index in [1.54, 1.807) is 55.6 Å². The Balaban J connectivity index is 1.77. The van der Waals surface area contributed by atoms with Crippen molar-refractivity contribution in [1.82, 2.24) is 0 Å². The van der Waals surface area contributed by atoms with Gasteiger partial charge in [-0.25, -0.2) is 13.6 Å². The molecule has 0 aliphatic rings. The molecule has 0 saturated carbocycles. The van der Waals surface area contributed by atoms with Crippen molar-refractivity contribution in [2.75, 3.05) is 6.61 Å². The average molecular weight is 381 g/mol. The maximum atomic E-state index is 13.4. The number of halogens is 2. The van der Waals surface area contributed by atoms with Crippen molar-refractivity contribution in [3.63, 3.8) is 0 Å². The number of carbonyl (C=O) groups is 1. The zero-order valence-electron chi connectivity index (χ0n) is 15.1. The number of carbonyl (C=O) groups excluding carboxylic acids is 1. The van der Waals surface area contributed by atoms with Crippen LogP contribution in [-0.2, 0) is 4.74 Å². The van der Waals surface area contributed by atoms with Crippen LogP contribution in [0, 0.1) is 11.6 Å². The molecule has 0 N–H and O–H groups in total. The van der Waals surface area contributed by atoms with Crippen molar-refractivity contribution in [2.24, 2.45) is 4.99 Å². The van der Waals surface area contributed by atoms with E-state index in [1.165, 1.54) is 6.07 Å². The van der Waals surface area contributed by atoms with Crippen LogP contribution < -0.4 is 4.74 Å². The lowest BCUT2D eigenvalue weighted by Crippen LogP contribution is -2.03. The van der Waals surface area contributed by atoms with Gasteiger partial charge in [0.1, 0.15) is 11.5 Å². The standard InChI is InChI=1S/C22H17F2NO3/c1-2-27-22(26)15-7-9-17(10-8-15)25-14-16-5-3-4-6-21(16)28-18-11-12-19(23)20(24)13-18/h3-14H,2H2,1H3/b25-14+. The Bertz CT molecular complexity index is 1000. The highest BCUT2D eigenvalue weighted by Gasteiger charge is 2.07. The van der Waals surface area contributed by atoms with Gasteiger partial charge in [0.2, 0.25) is 0 Å². The molecule has 0 unspecified atom stereocenters. The van der Waals surface area contributed by atoms with Crippen LogP contribution in [-0.4, -0.2) is 18.8 Å². The minimum Gasteiger partial charge on any atom is -0.462 e. The van der Waals surface area contributed by atoms with Crippen LogP contribution in [0.25, 0.3) is 0 Å². The molecule has 0 heterocycles. The van der Waals surface area contributed by atoms with Crippen LogP contribution in [0.15, 0.2) is 71.7 Å². The monoisotopic (exact) mass is 381 g/mol. The third kappa shape index (κ3) is 4.79. The van der Waals surface area contributed by atoms with Gasteiger partial charge in [0.05, 0.1) is 17.9 Å². The zero-order valence-corrected chi connectivity index (χ0v) is 15.1. The number of nitrogens with zero attached hydrogens (tertiary/aromatic N) is 1. The first kappa shape index (κ1) is 19.2. The summed E-state index contributed by atoms with van der Waals surface area (Å²) in [5.41, 5.74) is 1.74. The van der Waals surface area contributed by atoms with Gasteiger partial charge in [0.15, 0.2) is 11.6 Å². The predicted molar refractivity (Wildman–Crippen MR) is 103 cm³/mol. The number of para-hydroxylation sites is 1. The molecule has 0 atom stereocenters. The molecule has 0 bridgehead atoms. The average Bonchev–Trinajstić information content (AvgIpc) is 2.71. The summed E-state index contributed by atoms with van der Waals surface area (Å²) in [6.45, 7) is 2.06. The molecule has 0 aliphatic heterocycles. The molecule has 3 aromatic carbocycles. The molecule has 0 amide bonds. The molecule has 4 nitrogen and oxygen atoms in total. The van der Waals surface area contributed by atoms with Gasteiger partial charge in [0.25, 0.3) is 0 Å². The third-order valence-corrected chi connectivity index (χ3v) is 3.77. The van der Waals surface area contributed by atoms with Crippen LogP contribution in [0.2, 0.25) is 0 Å². The first-order valence-corrected chi connectivity index (χ1v) is 8.60. The molecule has 142 valence electrons.